The lowest BCUT2D eigenvalue weighted by Crippen LogP contribution is -2.46. The maximum absolute atomic E-state index is 13.1. The number of nitrogens with zero attached hydrogens (tertiary/aromatic N) is 2. The summed E-state index contributed by atoms with van der Waals surface area (Å²) in [6, 6.07) is 25.8. The molecule has 0 atom stereocenters. The van der Waals surface area contributed by atoms with Crippen LogP contribution in [0.4, 0.5) is 26.3 Å². The second-order valence-corrected chi connectivity index (χ2v) is 16.6. The van der Waals surface area contributed by atoms with Gasteiger partial charge in [-0.1, -0.05) is 87.7 Å². The van der Waals surface area contributed by atoms with E-state index in [0.717, 1.165) is 54.0 Å². The molecule has 2 aliphatic heterocycles. The lowest BCUT2D eigenvalue weighted by molar-refractivity contribution is -0.139. The molecule has 6 rings (SSSR count). The first-order valence-electron chi connectivity index (χ1n) is 20.0. The topological polar surface area (TPSA) is 59.1 Å². The Morgan fingerprint density at radius 2 is 1.07 bits per heavy atom. The van der Waals surface area contributed by atoms with Crippen molar-refractivity contribution in [3.8, 4) is 11.5 Å². The number of hydrogen-bond donors (Lipinski definition) is 0. The number of para-hydroxylation sites is 2. The largest absolute Gasteiger partial charge is 0.492 e. The summed E-state index contributed by atoms with van der Waals surface area (Å²) in [6.07, 6.45) is -5.12. The number of piperidine rings is 2. The van der Waals surface area contributed by atoms with E-state index in [9.17, 15) is 35.9 Å². The summed E-state index contributed by atoms with van der Waals surface area (Å²) in [7, 11) is 0. The van der Waals surface area contributed by atoms with E-state index in [0.29, 0.717) is 50.5 Å². The van der Waals surface area contributed by atoms with Gasteiger partial charge in [-0.3, -0.25) is 19.4 Å². The molecule has 2 heterocycles. The molecule has 2 saturated heterocycles. The lowest BCUT2D eigenvalue weighted by atomic mass is 9.71. The Morgan fingerprint density at radius 1 is 0.656 bits per heavy atom. The zero-order valence-electron chi connectivity index (χ0n) is 34.1. The number of rotatable bonds is 13. The minimum absolute atomic E-state index is 0.128. The van der Waals surface area contributed by atoms with Gasteiger partial charge in [-0.05, 0) is 132 Å². The van der Waals surface area contributed by atoms with E-state index in [2.05, 4.69) is 25.7 Å². The molecule has 0 radical (unpaired) electrons. The van der Waals surface area contributed by atoms with Gasteiger partial charge in [-0.25, -0.2) is 0 Å². The minimum Gasteiger partial charge on any atom is -0.492 e. The van der Waals surface area contributed by atoms with Gasteiger partial charge in [0.2, 0.25) is 0 Å². The third-order valence-electron chi connectivity index (χ3n) is 11.0. The number of carbonyl (C=O) groups excluding carboxylic acids is 2. The molecule has 4 aromatic carbocycles. The number of carbonyl (C=O) groups is 2. The summed E-state index contributed by atoms with van der Waals surface area (Å²) < 4.78 is 88.4. The van der Waals surface area contributed by atoms with Crippen molar-refractivity contribution < 1.29 is 45.4 Å². The second kappa shape index (κ2) is 23.7. The highest BCUT2D eigenvalue weighted by Gasteiger charge is 2.39. The Bertz CT molecular complexity index is 1970. The van der Waals surface area contributed by atoms with E-state index in [1.807, 2.05) is 48.5 Å². The standard InChI is InChI=1S/C23H25ClF3NO2.C16H20F3NO2.C7H6BrCl/c1-17(29)22(16-18-6-8-19(24)9-7-18)10-12-28(13-11-22)14-15-30-21-5-3-2-4-20(21)23(25,26)27;1-12(21)13-6-8-20(9-7-13)10-11-22-15-5-3-2-4-14(15)16(17,18)19;8-5-6-1-3-7(9)4-2-6/h2-9H,10-16H2,1H3;2-5,13H,6-11H2,1H3;1-4H,5H2. The predicted molar refractivity (Wildman–Crippen MR) is 232 cm³/mol. The number of alkyl halides is 7. The fraction of sp³-hybridized carbons (Fsp3) is 0.435. The number of Topliss-reactive ketones (excluding diaryl/α,β-unsaturated/α-hetero) is 2. The van der Waals surface area contributed by atoms with E-state index in [4.69, 9.17) is 32.7 Å². The fourth-order valence-electron chi connectivity index (χ4n) is 7.21. The molecule has 4 aromatic rings. The van der Waals surface area contributed by atoms with Crippen LogP contribution in [0.1, 0.15) is 61.8 Å². The lowest BCUT2D eigenvalue weighted by Gasteiger charge is -2.40. The molecule has 0 spiro atoms. The Labute approximate surface area is 372 Å². The predicted octanol–water partition coefficient (Wildman–Crippen LogP) is 12.3. The van der Waals surface area contributed by atoms with Gasteiger partial charge in [-0.15, -0.1) is 0 Å². The number of ketones is 2. The molecule has 2 aliphatic rings. The molecule has 332 valence electrons. The van der Waals surface area contributed by atoms with E-state index in [1.165, 1.54) is 42.0 Å². The molecule has 6 nitrogen and oxygen atoms in total. The first-order chi connectivity index (χ1) is 28.9. The highest BCUT2D eigenvalue weighted by molar-refractivity contribution is 9.08. The fourth-order valence-corrected chi connectivity index (χ4v) is 7.84. The monoisotopic (exact) mass is 958 g/mol. The van der Waals surface area contributed by atoms with Crippen LogP contribution in [0.2, 0.25) is 10.0 Å². The number of halogens is 9. The van der Waals surface area contributed by atoms with E-state index in [1.54, 1.807) is 13.8 Å². The summed E-state index contributed by atoms with van der Waals surface area (Å²) in [5, 5.41) is 2.35. The summed E-state index contributed by atoms with van der Waals surface area (Å²) in [4.78, 5) is 28.0. The molecular formula is C46H51BrCl2F6N2O4. The van der Waals surface area contributed by atoms with Crippen LogP contribution in [0.5, 0.6) is 11.5 Å². The average molecular weight is 961 g/mol. The molecule has 0 unspecified atom stereocenters. The second-order valence-electron chi connectivity index (χ2n) is 15.2. The van der Waals surface area contributed by atoms with E-state index >= 15 is 0 Å². The van der Waals surface area contributed by atoms with Crippen molar-refractivity contribution in [2.24, 2.45) is 11.3 Å². The van der Waals surface area contributed by atoms with Crippen molar-refractivity contribution in [2.75, 3.05) is 52.5 Å². The first kappa shape index (κ1) is 50.0. The maximum Gasteiger partial charge on any atom is 0.419 e. The molecule has 0 aromatic heterocycles. The van der Waals surface area contributed by atoms with Crippen LogP contribution in [-0.4, -0.2) is 73.8 Å². The third-order valence-corrected chi connectivity index (χ3v) is 12.1. The van der Waals surface area contributed by atoms with Crippen molar-refractivity contribution in [1.82, 2.24) is 9.80 Å². The highest BCUT2D eigenvalue weighted by Crippen LogP contribution is 2.38. The zero-order chi connectivity index (χ0) is 44.6. The molecule has 61 heavy (non-hydrogen) atoms. The maximum atomic E-state index is 13.1. The van der Waals surface area contributed by atoms with Crippen molar-refractivity contribution in [3.63, 3.8) is 0 Å². The zero-order valence-corrected chi connectivity index (χ0v) is 37.2. The Kier molecular flexibility index (Phi) is 19.5. The van der Waals surface area contributed by atoms with Crippen LogP contribution in [0.25, 0.3) is 0 Å². The van der Waals surface area contributed by atoms with Crippen molar-refractivity contribution in [2.45, 2.75) is 63.6 Å². The van der Waals surface area contributed by atoms with Crippen LogP contribution < -0.4 is 9.47 Å². The minimum atomic E-state index is -4.44. The van der Waals surface area contributed by atoms with Gasteiger partial charge >= 0.3 is 12.4 Å². The molecular weight excluding hydrogens is 909 g/mol. The summed E-state index contributed by atoms with van der Waals surface area (Å²) >= 11 is 14.9. The summed E-state index contributed by atoms with van der Waals surface area (Å²) in [5.41, 5.74) is 0.413. The average Bonchev–Trinajstić information content (AvgIpc) is 3.23. The number of likely N-dealkylation sites (tertiary alicyclic amines) is 2. The van der Waals surface area contributed by atoms with Gasteiger partial charge in [0.25, 0.3) is 0 Å². The van der Waals surface area contributed by atoms with Gasteiger partial charge in [0, 0.05) is 39.8 Å². The van der Waals surface area contributed by atoms with Crippen molar-refractivity contribution in [3.05, 3.63) is 129 Å². The number of ether oxygens (including phenoxy) is 2. The van der Waals surface area contributed by atoms with Crippen LogP contribution in [0.3, 0.4) is 0 Å². The van der Waals surface area contributed by atoms with Crippen molar-refractivity contribution >= 4 is 50.7 Å². The Hall–Kier alpha value is -3.62. The third kappa shape index (κ3) is 16.2. The molecule has 0 bridgehead atoms. The van der Waals surface area contributed by atoms with E-state index < -0.39 is 28.9 Å². The van der Waals surface area contributed by atoms with E-state index in [-0.39, 0.29) is 42.2 Å². The molecule has 0 amide bonds. The Balaban J connectivity index is 0.000000230. The molecule has 15 heteroatoms. The van der Waals surface area contributed by atoms with Crippen LogP contribution in [0.15, 0.2) is 97.1 Å². The van der Waals surface area contributed by atoms with Gasteiger partial charge in [0.1, 0.15) is 36.3 Å². The number of hydrogen-bond acceptors (Lipinski definition) is 6. The summed E-state index contributed by atoms with van der Waals surface area (Å²) in [6.45, 7) is 7.69. The SMILES string of the molecule is CC(=O)C1(Cc2ccc(Cl)cc2)CCN(CCOc2ccccc2C(F)(F)F)CC1.CC(=O)C1CCN(CCOc2ccccc2C(F)(F)F)CC1.Clc1ccc(CBr)cc1. The molecule has 0 N–H and O–H groups in total. The molecule has 0 aliphatic carbocycles. The quantitative estimate of drug-likeness (QED) is 0.0983. The van der Waals surface area contributed by atoms with Crippen LogP contribution >= 0.6 is 39.1 Å². The van der Waals surface area contributed by atoms with Gasteiger partial charge < -0.3 is 9.47 Å². The van der Waals surface area contributed by atoms with Crippen LogP contribution in [-0.2, 0) is 33.7 Å². The normalized spacial score (nSPS) is 16.0. The Morgan fingerprint density at radius 3 is 1.46 bits per heavy atom. The smallest absolute Gasteiger partial charge is 0.419 e. The molecule has 0 saturated carbocycles. The first-order valence-corrected chi connectivity index (χ1v) is 21.9. The van der Waals surface area contributed by atoms with Crippen LogP contribution in [0, 0.1) is 11.3 Å². The highest BCUT2D eigenvalue weighted by atomic mass is 79.9. The number of benzene rings is 4. The molecule has 2 fully saturated rings. The van der Waals surface area contributed by atoms with Gasteiger partial charge in [0.15, 0.2) is 0 Å². The van der Waals surface area contributed by atoms with Gasteiger partial charge in [-0.2, -0.15) is 26.3 Å². The van der Waals surface area contributed by atoms with Gasteiger partial charge in [0.05, 0.1) is 11.1 Å². The summed E-state index contributed by atoms with van der Waals surface area (Å²) in [5.74, 6) is 0.238. The van der Waals surface area contributed by atoms with Crippen molar-refractivity contribution in [1.29, 1.82) is 0 Å².